The Bertz CT molecular complexity index is 454. The Balaban J connectivity index is 2.16. The van der Waals surface area contributed by atoms with Gasteiger partial charge in [0.2, 0.25) is 5.13 Å². The smallest absolute Gasteiger partial charge is 0.208 e. The zero-order valence-corrected chi connectivity index (χ0v) is 10.3. The summed E-state index contributed by atoms with van der Waals surface area (Å²) in [6.07, 6.45) is 0. The lowest BCUT2D eigenvalue weighted by molar-refractivity contribution is 0.569. The van der Waals surface area contributed by atoms with E-state index in [1.807, 2.05) is 11.8 Å². The van der Waals surface area contributed by atoms with Gasteiger partial charge in [-0.25, -0.2) is 8.42 Å². The zero-order valence-electron chi connectivity index (χ0n) is 8.67. The van der Waals surface area contributed by atoms with Gasteiger partial charge in [-0.1, -0.05) is 11.3 Å². The van der Waals surface area contributed by atoms with Crippen molar-refractivity contribution in [2.75, 3.05) is 23.7 Å². The van der Waals surface area contributed by atoms with Gasteiger partial charge in [0, 0.05) is 13.1 Å². The Morgan fingerprint density at radius 3 is 2.73 bits per heavy atom. The lowest BCUT2D eigenvalue weighted by Crippen LogP contribution is -2.45. The van der Waals surface area contributed by atoms with Gasteiger partial charge in [-0.3, -0.25) is 0 Å². The molecule has 0 N–H and O–H groups in total. The van der Waals surface area contributed by atoms with Gasteiger partial charge in [0.25, 0.3) is 0 Å². The second kappa shape index (κ2) is 3.71. The van der Waals surface area contributed by atoms with Crippen LogP contribution in [0.5, 0.6) is 0 Å². The highest BCUT2D eigenvalue weighted by Crippen LogP contribution is 2.23. The summed E-state index contributed by atoms with van der Waals surface area (Å²) in [6, 6.07) is 0. The third-order valence-electron chi connectivity index (χ3n) is 2.52. The number of sulfone groups is 1. The van der Waals surface area contributed by atoms with E-state index in [2.05, 4.69) is 10.2 Å². The minimum absolute atomic E-state index is 0.215. The number of hydrogen-bond donors (Lipinski definition) is 0. The molecule has 2 heterocycles. The van der Waals surface area contributed by atoms with Gasteiger partial charge < -0.3 is 4.90 Å². The molecule has 0 bridgehead atoms. The minimum Gasteiger partial charge on any atom is -0.344 e. The normalized spacial score (nSPS) is 25.5. The molecule has 0 aromatic carbocycles. The summed E-state index contributed by atoms with van der Waals surface area (Å²) in [5, 5.41) is 9.38. The summed E-state index contributed by atoms with van der Waals surface area (Å²) in [5.74, 6) is 0.215. The molecule has 7 heteroatoms. The molecule has 1 atom stereocenters. The Kier molecular flexibility index (Phi) is 2.68. The van der Waals surface area contributed by atoms with Gasteiger partial charge in [-0.05, 0) is 13.8 Å². The molecule has 0 spiro atoms. The highest BCUT2D eigenvalue weighted by Gasteiger charge is 2.30. The first-order chi connectivity index (χ1) is 6.99. The fourth-order valence-electron chi connectivity index (χ4n) is 1.54. The Hall–Kier alpha value is -0.690. The maximum Gasteiger partial charge on any atom is 0.208 e. The van der Waals surface area contributed by atoms with Gasteiger partial charge in [0.15, 0.2) is 9.84 Å². The van der Waals surface area contributed by atoms with Crippen molar-refractivity contribution in [2.45, 2.75) is 19.1 Å². The highest BCUT2D eigenvalue weighted by molar-refractivity contribution is 7.92. The van der Waals surface area contributed by atoms with Crippen molar-refractivity contribution in [1.29, 1.82) is 0 Å². The number of aryl methyl sites for hydroxylation is 1. The molecule has 84 valence electrons. The van der Waals surface area contributed by atoms with Crippen molar-refractivity contribution >= 4 is 26.3 Å². The van der Waals surface area contributed by atoms with Crippen LogP contribution in [0.25, 0.3) is 0 Å². The molecule has 0 aliphatic carbocycles. The van der Waals surface area contributed by atoms with Crippen LogP contribution in [0.3, 0.4) is 0 Å². The molecule has 1 aromatic rings. The van der Waals surface area contributed by atoms with Crippen LogP contribution in [0.4, 0.5) is 5.13 Å². The van der Waals surface area contributed by atoms with E-state index < -0.39 is 9.84 Å². The molecule has 1 fully saturated rings. The SMILES string of the molecule is Cc1nnc(N2CCS(=O)(=O)C(C)C2)s1. The minimum atomic E-state index is -2.88. The summed E-state index contributed by atoms with van der Waals surface area (Å²) in [5.41, 5.74) is 0. The van der Waals surface area contributed by atoms with Crippen molar-refractivity contribution in [3.8, 4) is 0 Å². The summed E-state index contributed by atoms with van der Waals surface area (Å²) in [4.78, 5) is 2.00. The van der Waals surface area contributed by atoms with Crippen molar-refractivity contribution in [3.63, 3.8) is 0 Å². The average molecular weight is 247 g/mol. The molecule has 2 rings (SSSR count). The summed E-state index contributed by atoms with van der Waals surface area (Å²) < 4.78 is 23.0. The van der Waals surface area contributed by atoms with Crippen LogP contribution in [0.15, 0.2) is 0 Å². The predicted octanol–water partition coefficient (Wildman–Crippen LogP) is 0.470. The molecule has 0 amide bonds. The quantitative estimate of drug-likeness (QED) is 0.722. The molecular weight excluding hydrogens is 234 g/mol. The van der Waals surface area contributed by atoms with E-state index in [0.717, 1.165) is 10.1 Å². The van der Waals surface area contributed by atoms with Gasteiger partial charge in [0.1, 0.15) is 5.01 Å². The lowest BCUT2D eigenvalue weighted by Gasteiger charge is -2.29. The van der Waals surface area contributed by atoms with Crippen molar-refractivity contribution in [1.82, 2.24) is 10.2 Å². The molecule has 0 radical (unpaired) electrons. The Morgan fingerprint density at radius 1 is 1.47 bits per heavy atom. The molecule has 15 heavy (non-hydrogen) atoms. The molecule has 1 aliphatic rings. The van der Waals surface area contributed by atoms with Crippen molar-refractivity contribution in [2.24, 2.45) is 0 Å². The van der Waals surface area contributed by atoms with Gasteiger partial charge in [-0.15, -0.1) is 10.2 Å². The number of aromatic nitrogens is 2. The van der Waals surface area contributed by atoms with Crippen molar-refractivity contribution < 1.29 is 8.42 Å². The van der Waals surface area contributed by atoms with Crippen molar-refractivity contribution in [3.05, 3.63) is 5.01 Å². The number of rotatable bonds is 1. The van der Waals surface area contributed by atoms with E-state index in [-0.39, 0.29) is 11.0 Å². The first-order valence-corrected chi connectivity index (χ1v) is 7.29. The third-order valence-corrected chi connectivity index (χ3v) is 5.55. The number of hydrogen-bond acceptors (Lipinski definition) is 6. The lowest BCUT2D eigenvalue weighted by atomic mass is 10.4. The molecule has 5 nitrogen and oxygen atoms in total. The maximum absolute atomic E-state index is 11.5. The second-order valence-electron chi connectivity index (χ2n) is 3.73. The van der Waals surface area contributed by atoms with E-state index >= 15 is 0 Å². The fraction of sp³-hybridized carbons (Fsp3) is 0.750. The predicted molar refractivity (Wildman–Crippen MR) is 60.1 cm³/mol. The first-order valence-electron chi connectivity index (χ1n) is 4.75. The molecule has 0 saturated carbocycles. The summed E-state index contributed by atoms with van der Waals surface area (Å²) in [6.45, 7) is 4.69. The molecular formula is C8H13N3O2S2. The number of nitrogens with zero attached hydrogens (tertiary/aromatic N) is 3. The summed E-state index contributed by atoms with van der Waals surface area (Å²) in [7, 11) is -2.88. The van der Waals surface area contributed by atoms with Crippen LogP contribution in [-0.2, 0) is 9.84 Å². The largest absolute Gasteiger partial charge is 0.344 e. The summed E-state index contributed by atoms with van der Waals surface area (Å²) >= 11 is 1.51. The molecule has 1 unspecified atom stereocenters. The first kappa shape index (κ1) is 10.8. The van der Waals surface area contributed by atoms with E-state index in [0.29, 0.717) is 13.1 Å². The van der Waals surface area contributed by atoms with Gasteiger partial charge >= 0.3 is 0 Å². The van der Waals surface area contributed by atoms with Crippen LogP contribution in [0.2, 0.25) is 0 Å². The third kappa shape index (κ3) is 2.12. The average Bonchev–Trinajstić information content (AvgIpc) is 2.57. The van der Waals surface area contributed by atoms with Crippen LogP contribution in [0.1, 0.15) is 11.9 Å². The van der Waals surface area contributed by atoms with Crippen LogP contribution in [-0.4, -0.2) is 42.7 Å². The zero-order chi connectivity index (χ0) is 11.1. The standard InChI is InChI=1S/C8H13N3O2S2/c1-6-5-11(3-4-15(6,12)13)8-10-9-7(2)14-8/h6H,3-5H2,1-2H3. The Morgan fingerprint density at radius 2 is 2.20 bits per heavy atom. The number of anilines is 1. The second-order valence-corrected chi connectivity index (χ2v) is 7.43. The fourth-order valence-corrected chi connectivity index (χ4v) is 3.55. The molecule has 1 aromatic heterocycles. The van der Waals surface area contributed by atoms with Crippen LogP contribution >= 0.6 is 11.3 Å². The maximum atomic E-state index is 11.5. The van der Waals surface area contributed by atoms with Gasteiger partial charge in [0.05, 0.1) is 11.0 Å². The monoisotopic (exact) mass is 247 g/mol. The molecule has 1 aliphatic heterocycles. The highest BCUT2D eigenvalue weighted by atomic mass is 32.2. The van der Waals surface area contributed by atoms with E-state index in [4.69, 9.17) is 0 Å². The van der Waals surface area contributed by atoms with E-state index in [1.165, 1.54) is 11.3 Å². The van der Waals surface area contributed by atoms with E-state index in [1.54, 1.807) is 6.92 Å². The van der Waals surface area contributed by atoms with Gasteiger partial charge in [-0.2, -0.15) is 0 Å². The topological polar surface area (TPSA) is 63.2 Å². The Labute approximate surface area is 93.0 Å². The molecule has 1 saturated heterocycles. The van der Waals surface area contributed by atoms with Crippen LogP contribution < -0.4 is 4.90 Å². The van der Waals surface area contributed by atoms with Crippen LogP contribution in [0, 0.1) is 6.92 Å². The van der Waals surface area contributed by atoms with E-state index in [9.17, 15) is 8.42 Å².